The lowest BCUT2D eigenvalue weighted by Gasteiger charge is -2.22. The van der Waals surface area contributed by atoms with Crippen LogP contribution in [-0.4, -0.2) is 51.8 Å². The highest BCUT2D eigenvalue weighted by Crippen LogP contribution is 2.38. The van der Waals surface area contributed by atoms with Crippen LogP contribution in [0.1, 0.15) is 24.5 Å². The van der Waals surface area contributed by atoms with Crippen molar-refractivity contribution < 1.29 is 14.2 Å². The summed E-state index contributed by atoms with van der Waals surface area (Å²) in [6.07, 6.45) is 2.29. The number of hydrogen-bond donors (Lipinski definition) is 1. The van der Waals surface area contributed by atoms with Crippen LogP contribution in [0, 0.1) is 5.92 Å². The van der Waals surface area contributed by atoms with E-state index in [1.807, 2.05) is 26.1 Å². The van der Waals surface area contributed by atoms with Crippen molar-refractivity contribution in [2.75, 3.05) is 41.0 Å². The van der Waals surface area contributed by atoms with Gasteiger partial charge in [-0.05, 0) is 48.9 Å². The summed E-state index contributed by atoms with van der Waals surface area (Å²) in [6, 6.07) is 14.7. The Morgan fingerprint density at radius 2 is 1.80 bits per heavy atom. The van der Waals surface area contributed by atoms with Gasteiger partial charge in [-0.3, -0.25) is 4.99 Å². The Kier molecular flexibility index (Phi) is 7.82. The zero-order chi connectivity index (χ0) is 21.3. The lowest BCUT2D eigenvalue weighted by molar-refractivity contribution is 0.288. The van der Waals surface area contributed by atoms with E-state index in [0.717, 1.165) is 31.0 Å². The standard InChI is InChI=1S/C24H33N3O3/c1-5-30-23-21(28-3)14-20(15-22(23)29-4)16-26-24(25-2)27-12-11-19(17-27)13-18-9-7-6-8-10-18/h6-10,14-15,19H,5,11-13,16-17H2,1-4H3,(H,25,26). The van der Waals surface area contributed by atoms with E-state index >= 15 is 0 Å². The summed E-state index contributed by atoms with van der Waals surface area (Å²) in [5.74, 6) is 3.56. The van der Waals surface area contributed by atoms with Gasteiger partial charge in [-0.15, -0.1) is 0 Å². The van der Waals surface area contributed by atoms with E-state index in [1.54, 1.807) is 14.2 Å². The predicted molar refractivity (Wildman–Crippen MR) is 121 cm³/mol. The number of aliphatic imine (C=N–C) groups is 1. The number of rotatable bonds is 8. The normalized spacial score (nSPS) is 16.5. The Labute approximate surface area is 179 Å². The van der Waals surface area contributed by atoms with Gasteiger partial charge in [0.25, 0.3) is 0 Å². The zero-order valence-electron chi connectivity index (χ0n) is 18.5. The van der Waals surface area contributed by atoms with Gasteiger partial charge >= 0.3 is 0 Å². The molecule has 0 saturated carbocycles. The Balaban J connectivity index is 1.62. The van der Waals surface area contributed by atoms with Gasteiger partial charge in [-0.2, -0.15) is 0 Å². The van der Waals surface area contributed by atoms with E-state index in [-0.39, 0.29) is 0 Å². The minimum absolute atomic E-state index is 0.552. The number of nitrogens with one attached hydrogen (secondary N) is 1. The van der Waals surface area contributed by atoms with Crippen molar-refractivity contribution in [3.05, 3.63) is 53.6 Å². The van der Waals surface area contributed by atoms with E-state index in [4.69, 9.17) is 14.2 Å². The second kappa shape index (κ2) is 10.8. The molecular weight excluding hydrogens is 378 g/mol. The molecule has 1 atom stereocenters. The van der Waals surface area contributed by atoms with Gasteiger partial charge in [0.1, 0.15) is 0 Å². The third kappa shape index (κ3) is 5.38. The first-order valence-electron chi connectivity index (χ1n) is 10.6. The van der Waals surface area contributed by atoms with Crippen LogP contribution in [0.5, 0.6) is 17.2 Å². The van der Waals surface area contributed by atoms with Gasteiger partial charge in [-0.1, -0.05) is 30.3 Å². The van der Waals surface area contributed by atoms with E-state index in [1.165, 1.54) is 12.0 Å². The summed E-state index contributed by atoms with van der Waals surface area (Å²) < 4.78 is 16.7. The molecule has 1 aliphatic rings. The second-order valence-corrected chi connectivity index (χ2v) is 7.45. The smallest absolute Gasteiger partial charge is 0.203 e. The molecule has 0 radical (unpaired) electrons. The maximum absolute atomic E-state index is 5.69. The van der Waals surface area contributed by atoms with Crippen molar-refractivity contribution >= 4 is 5.96 Å². The number of ether oxygens (including phenoxy) is 3. The highest BCUT2D eigenvalue weighted by Gasteiger charge is 2.25. The number of guanidine groups is 1. The number of nitrogens with zero attached hydrogens (tertiary/aromatic N) is 2. The van der Waals surface area contributed by atoms with Crippen molar-refractivity contribution in [3.8, 4) is 17.2 Å². The molecule has 2 aromatic rings. The van der Waals surface area contributed by atoms with Gasteiger partial charge in [0.2, 0.25) is 5.75 Å². The molecule has 6 heteroatoms. The van der Waals surface area contributed by atoms with Gasteiger partial charge < -0.3 is 24.4 Å². The monoisotopic (exact) mass is 411 g/mol. The Morgan fingerprint density at radius 1 is 1.10 bits per heavy atom. The molecule has 6 nitrogen and oxygen atoms in total. The molecule has 1 unspecified atom stereocenters. The van der Waals surface area contributed by atoms with E-state index in [2.05, 4.69) is 45.5 Å². The van der Waals surface area contributed by atoms with E-state index < -0.39 is 0 Å². The summed E-state index contributed by atoms with van der Waals surface area (Å²) in [5, 5.41) is 3.49. The highest BCUT2D eigenvalue weighted by atomic mass is 16.5. The third-order valence-corrected chi connectivity index (χ3v) is 5.42. The van der Waals surface area contributed by atoms with Gasteiger partial charge in [0.05, 0.1) is 20.8 Å². The van der Waals surface area contributed by atoms with Crippen molar-refractivity contribution in [3.63, 3.8) is 0 Å². The van der Waals surface area contributed by atoms with Crippen molar-refractivity contribution in [2.45, 2.75) is 26.3 Å². The molecule has 3 rings (SSSR count). The summed E-state index contributed by atoms with van der Waals surface area (Å²) in [7, 11) is 5.13. The maximum Gasteiger partial charge on any atom is 0.203 e. The second-order valence-electron chi connectivity index (χ2n) is 7.45. The van der Waals surface area contributed by atoms with Crippen LogP contribution in [0.4, 0.5) is 0 Å². The number of benzene rings is 2. The molecule has 2 aromatic carbocycles. The average molecular weight is 412 g/mol. The molecule has 0 aromatic heterocycles. The lowest BCUT2D eigenvalue weighted by atomic mass is 9.99. The van der Waals surface area contributed by atoms with Crippen LogP contribution in [0.3, 0.4) is 0 Å². The Morgan fingerprint density at radius 3 is 2.40 bits per heavy atom. The Bertz CT molecular complexity index is 814. The fourth-order valence-corrected chi connectivity index (χ4v) is 3.98. The van der Waals surface area contributed by atoms with Crippen molar-refractivity contribution in [2.24, 2.45) is 10.9 Å². The first-order chi connectivity index (χ1) is 14.7. The molecule has 1 saturated heterocycles. The SMILES string of the molecule is CCOc1c(OC)cc(CNC(=NC)N2CCC(Cc3ccccc3)C2)cc1OC. The van der Waals surface area contributed by atoms with Crippen LogP contribution in [0.15, 0.2) is 47.5 Å². The first kappa shape index (κ1) is 21.8. The molecule has 162 valence electrons. The molecule has 0 amide bonds. The molecule has 0 bridgehead atoms. The fourth-order valence-electron chi connectivity index (χ4n) is 3.98. The molecule has 0 aliphatic carbocycles. The minimum atomic E-state index is 0.552. The number of methoxy groups -OCH3 is 2. The highest BCUT2D eigenvalue weighted by molar-refractivity contribution is 5.80. The molecule has 0 spiro atoms. The molecule has 1 aliphatic heterocycles. The van der Waals surface area contributed by atoms with E-state index in [0.29, 0.717) is 36.3 Å². The largest absolute Gasteiger partial charge is 0.493 e. The van der Waals surface area contributed by atoms with Gasteiger partial charge in [0, 0.05) is 26.7 Å². The average Bonchev–Trinajstić information content (AvgIpc) is 3.23. The van der Waals surface area contributed by atoms with Crippen molar-refractivity contribution in [1.29, 1.82) is 0 Å². The predicted octanol–water partition coefficient (Wildman–Crippen LogP) is 3.74. The molecule has 1 N–H and O–H groups in total. The maximum atomic E-state index is 5.69. The van der Waals surface area contributed by atoms with Gasteiger partial charge in [-0.25, -0.2) is 0 Å². The number of hydrogen-bond acceptors (Lipinski definition) is 4. The first-order valence-corrected chi connectivity index (χ1v) is 10.6. The Hall–Kier alpha value is -2.89. The van der Waals surface area contributed by atoms with Crippen LogP contribution in [0.2, 0.25) is 0 Å². The van der Waals surface area contributed by atoms with Crippen LogP contribution < -0.4 is 19.5 Å². The lowest BCUT2D eigenvalue weighted by Crippen LogP contribution is -2.39. The molecule has 1 heterocycles. The molecule has 1 fully saturated rings. The third-order valence-electron chi connectivity index (χ3n) is 5.42. The fraction of sp³-hybridized carbons (Fsp3) is 0.458. The van der Waals surface area contributed by atoms with Crippen molar-refractivity contribution in [1.82, 2.24) is 10.2 Å². The van der Waals surface area contributed by atoms with Crippen LogP contribution in [-0.2, 0) is 13.0 Å². The minimum Gasteiger partial charge on any atom is -0.493 e. The van der Waals surface area contributed by atoms with Crippen LogP contribution >= 0.6 is 0 Å². The van der Waals surface area contributed by atoms with Gasteiger partial charge in [0.15, 0.2) is 17.5 Å². The quantitative estimate of drug-likeness (QED) is 0.530. The van der Waals surface area contributed by atoms with Crippen LogP contribution in [0.25, 0.3) is 0 Å². The zero-order valence-corrected chi connectivity index (χ0v) is 18.5. The summed E-state index contributed by atoms with van der Waals surface area (Å²) in [4.78, 5) is 6.85. The van der Waals surface area contributed by atoms with E-state index in [9.17, 15) is 0 Å². The summed E-state index contributed by atoms with van der Waals surface area (Å²) in [5.41, 5.74) is 2.45. The summed E-state index contributed by atoms with van der Waals surface area (Å²) >= 11 is 0. The topological polar surface area (TPSA) is 55.3 Å². The summed E-state index contributed by atoms with van der Waals surface area (Å²) in [6.45, 7) is 5.17. The molecular formula is C24H33N3O3. The molecule has 30 heavy (non-hydrogen) atoms. The number of likely N-dealkylation sites (tertiary alicyclic amines) is 1.